The molecule has 0 saturated carbocycles. The molecule has 0 aliphatic heterocycles. The highest BCUT2D eigenvalue weighted by Gasteiger charge is 2.10. The number of rotatable bonds is 7. The second kappa shape index (κ2) is 7.76. The van der Waals surface area contributed by atoms with Gasteiger partial charge >= 0.3 is 0 Å². The molecular weight excluding hydrogens is 276 g/mol. The van der Waals surface area contributed by atoms with Crippen molar-refractivity contribution in [3.8, 4) is 5.75 Å². The van der Waals surface area contributed by atoms with Crippen molar-refractivity contribution in [3.05, 3.63) is 64.7 Å². The van der Waals surface area contributed by atoms with E-state index < -0.39 is 0 Å². The quantitative estimate of drug-likeness (QED) is 0.570. The maximum Gasteiger partial charge on any atom is 0.188 e. The molecule has 2 aromatic carbocycles. The number of ether oxygens (including phenoxy) is 2. The summed E-state index contributed by atoms with van der Waals surface area (Å²) in [6, 6.07) is 13.8. The summed E-state index contributed by atoms with van der Waals surface area (Å²) < 4.78 is 10.2. The first-order valence-electron chi connectivity index (χ1n) is 7.41. The third kappa shape index (κ3) is 4.43. The summed E-state index contributed by atoms with van der Waals surface area (Å²) in [6.07, 6.45) is 1.28. The Morgan fingerprint density at radius 1 is 1.05 bits per heavy atom. The minimum Gasteiger partial charge on any atom is -0.468 e. The van der Waals surface area contributed by atoms with E-state index in [1.165, 1.54) is 11.1 Å². The van der Waals surface area contributed by atoms with E-state index in [0.29, 0.717) is 6.42 Å². The van der Waals surface area contributed by atoms with Gasteiger partial charge in [0.15, 0.2) is 12.6 Å². The normalized spacial score (nSPS) is 10.5. The number of ketones is 1. The Bertz CT molecular complexity index is 630. The van der Waals surface area contributed by atoms with Gasteiger partial charge in [0.2, 0.25) is 0 Å². The fourth-order valence-electron chi connectivity index (χ4n) is 2.31. The van der Waals surface area contributed by atoms with Gasteiger partial charge in [-0.1, -0.05) is 29.8 Å². The lowest BCUT2D eigenvalue weighted by Crippen LogP contribution is -2.05. The van der Waals surface area contributed by atoms with Crippen LogP contribution in [0, 0.1) is 13.8 Å². The second-order valence-corrected chi connectivity index (χ2v) is 5.44. The number of hydrogen-bond acceptors (Lipinski definition) is 3. The Morgan fingerprint density at radius 3 is 2.41 bits per heavy atom. The van der Waals surface area contributed by atoms with Crippen molar-refractivity contribution in [3.63, 3.8) is 0 Å². The molecule has 0 aromatic heterocycles. The van der Waals surface area contributed by atoms with E-state index in [1.54, 1.807) is 7.11 Å². The van der Waals surface area contributed by atoms with Crippen LogP contribution in [-0.4, -0.2) is 19.7 Å². The van der Waals surface area contributed by atoms with Gasteiger partial charge in [0.05, 0.1) is 0 Å². The molecule has 3 heteroatoms. The summed E-state index contributed by atoms with van der Waals surface area (Å²) in [5, 5.41) is 0. The molecule has 0 aliphatic rings. The highest BCUT2D eigenvalue weighted by atomic mass is 16.7. The molecule has 0 atom stereocenters. The first kappa shape index (κ1) is 16.2. The molecule has 0 fully saturated rings. The smallest absolute Gasteiger partial charge is 0.188 e. The van der Waals surface area contributed by atoms with Crippen molar-refractivity contribution in [1.82, 2.24) is 0 Å². The lowest BCUT2D eigenvalue weighted by atomic mass is 9.99. The Labute approximate surface area is 131 Å². The minimum atomic E-state index is 0.163. The second-order valence-electron chi connectivity index (χ2n) is 5.44. The van der Waals surface area contributed by atoms with Crippen LogP contribution in [0.2, 0.25) is 0 Å². The summed E-state index contributed by atoms with van der Waals surface area (Å²) in [5.41, 5.74) is 4.12. The number of hydrogen-bond donors (Lipinski definition) is 0. The Hall–Kier alpha value is -2.13. The van der Waals surface area contributed by atoms with Crippen LogP contribution < -0.4 is 4.74 Å². The van der Waals surface area contributed by atoms with Gasteiger partial charge in [0.1, 0.15) is 5.75 Å². The van der Waals surface area contributed by atoms with E-state index in [0.717, 1.165) is 23.3 Å². The number of benzene rings is 2. The Balaban J connectivity index is 1.98. The van der Waals surface area contributed by atoms with Gasteiger partial charge in [-0.05, 0) is 49.6 Å². The first-order chi connectivity index (χ1) is 10.6. The summed E-state index contributed by atoms with van der Waals surface area (Å²) in [6.45, 7) is 4.20. The summed E-state index contributed by atoms with van der Waals surface area (Å²) in [5.74, 6) is 0.880. The molecule has 22 heavy (non-hydrogen) atoms. The van der Waals surface area contributed by atoms with Gasteiger partial charge in [0.25, 0.3) is 0 Å². The highest BCUT2D eigenvalue weighted by Crippen LogP contribution is 2.19. The molecule has 2 rings (SSSR count). The van der Waals surface area contributed by atoms with Crippen LogP contribution in [0.4, 0.5) is 0 Å². The zero-order chi connectivity index (χ0) is 15.9. The van der Waals surface area contributed by atoms with Crippen molar-refractivity contribution in [2.24, 2.45) is 0 Å². The predicted molar refractivity (Wildman–Crippen MR) is 87.5 cm³/mol. The standard InChI is InChI=1S/C19H22O3/c1-14-4-6-16(7-5-14)8-11-19(20)18-10-9-17(12-15(18)2)22-13-21-3/h4-7,9-10,12H,8,11,13H2,1-3H3. The lowest BCUT2D eigenvalue weighted by molar-refractivity contribution is 0.0511. The van der Waals surface area contributed by atoms with Crippen LogP contribution in [0.3, 0.4) is 0 Å². The SMILES string of the molecule is COCOc1ccc(C(=O)CCc2ccc(C)cc2)c(C)c1. The van der Waals surface area contributed by atoms with Crippen LogP contribution in [0.15, 0.2) is 42.5 Å². The largest absolute Gasteiger partial charge is 0.468 e. The van der Waals surface area contributed by atoms with Crippen LogP contribution >= 0.6 is 0 Å². The average Bonchev–Trinajstić information content (AvgIpc) is 2.52. The van der Waals surface area contributed by atoms with Crippen molar-refractivity contribution in [1.29, 1.82) is 0 Å². The molecule has 0 aliphatic carbocycles. The van der Waals surface area contributed by atoms with Crippen LogP contribution in [-0.2, 0) is 11.2 Å². The van der Waals surface area contributed by atoms with Gasteiger partial charge in [-0.25, -0.2) is 0 Å². The van der Waals surface area contributed by atoms with Crippen LogP contribution in [0.25, 0.3) is 0 Å². The number of Topliss-reactive ketones (excluding diaryl/α,β-unsaturated/α-hetero) is 1. The van der Waals surface area contributed by atoms with Gasteiger partial charge in [0, 0.05) is 19.1 Å². The summed E-state index contributed by atoms with van der Waals surface area (Å²) in [4.78, 5) is 12.4. The number of methoxy groups -OCH3 is 1. The van der Waals surface area contributed by atoms with Crippen LogP contribution in [0.5, 0.6) is 5.75 Å². The third-order valence-corrected chi connectivity index (χ3v) is 3.60. The molecule has 0 radical (unpaired) electrons. The van der Waals surface area contributed by atoms with E-state index in [9.17, 15) is 4.79 Å². The predicted octanol–water partition coefficient (Wildman–Crippen LogP) is 4.10. The zero-order valence-electron chi connectivity index (χ0n) is 13.4. The van der Waals surface area contributed by atoms with E-state index in [1.807, 2.05) is 25.1 Å². The molecule has 0 spiro atoms. The molecule has 116 valence electrons. The topological polar surface area (TPSA) is 35.5 Å². The molecule has 0 saturated heterocycles. The molecule has 0 heterocycles. The minimum absolute atomic E-state index is 0.163. The molecule has 2 aromatic rings. The maximum absolute atomic E-state index is 12.4. The molecule has 0 N–H and O–H groups in total. The Kier molecular flexibility index (Phi) is 5.73. The van der Waals surface area contributed by atoms with Gasteiger partial charge in [-0.15, -0.1) is 0 Å². The summed E-state index contributed by atoms with van der Waals surface area (Å²) >= 11 is 0. The highest BCUT2D eigenvalue weighted by molar-refractivity contribution is 5.97. The van der Waals surface area contributed by atoms with E-state index in [2.05, 4.69) is 31.2 Å². The third-order valence-electron chi connectivity index (χ3n) is 3.60. The molecule has 0 amide bonds. The van der Waals surface area contributed by atoms with E-state index in [4.69, 9.17) is 9.47 Å². The molecule has 0 unspecified atom stereocenters. The maximum atomic E-state index is 12.4. The monoisotopic (exact) mass is 298 g/mol. The van der Waals surface area contributed by atoms with Gasteiger partial charge < -0.3 is 9.47 Å². The molecule has 0 bridgehead atoms. The molecular formula is C19H22O3. The van der Waals surface area contributed by atoms with E-state index in [-0.39, 0.29) is 12.6 Å². The lowest BCUT2D eigenvalue weighted by Gasteiger charge is -2.09. The van der Waals surface area contributed by atoms with Crippen molar-refractivity contribution >= 4 is 5.78 Å². The number of aryl methyl sites for hydroxylation is 3. The first-order valence-corrected chi connectivity index (χ1v) is 7.41. The fourth-order valence-corrected chi connectivity index (χ4v) is 2.31. The average molecular weight is 298 g/mol. The van der Waals surface area contributed by atoms with E-state index >= 15 is 0 Å². The fraction of sp³-hybridized carbons (Fsp3) is 0.316. The van der Waals surface area contributed by atoms with Crippen molar-refractivity contribution in [2.45, 2.75) is 26.7 Å². The van der Waals surface area contributed by atoms with Gasteiger partial charge in [-0.3, -0.25) is 4.79 Å². The van der Waals surface area contributed by atoms with Crippen molar-refractivity contribution in [2.75, 3.05) is 13.9 Å². The molecule has 3 nitrogen and oxygen atoms in total. The van der Waals surface area contributed by atoms with Crippen LogP contribution in [0.1, 0.15) is 33.5 Å². The number of carbonyl (C=O) groups is 1. The summed E-state index contributed by atoms with van der Waals surface area (Å²) in [7, 11) is 1.58. The zero-order valence-corrected chi connectivity index (χ0v) is 13.4. The van der Waals surface area contributed by atoms with Crippen molar-refractivity contribution < 1.29 is 14.3 Å². The Morgan fingerprint density at radius 2 is 1.77 bits per heavy atom. The number of carbonyl (C=O) groups excluding carboxylic acids is 1. The van der Waals surface area contributed by atoms with Gasteiger partial charge in [-0.2, -0.15) is 0 Å².